The Kier molecular flexibility index (Phi) is 8.06. The normalized spacial score (nSPS) is 12.9. The average Bonchev–Trinajstić information content (AvgIpc) is 2.79. The maximum atomic E-state index is 9.37. The number of aliphatic hydroxyl groups excluding tert-OH is 2. The largest absolute Gasteiger partial charge is 0.491 e. The molecule has 5 heteroatoms. The van der Waals surface area contributed by atoms with E-state index in [2.05, 4.69) is 67.3 Å². The molecule has 0 fully saturated rings. The fraction of sp³-hybridized carbons (Fsp3) is 0.308. The van der Waals surface area contributed by atoms with Gasteiger partial charge in [0.25, 0.3) is 0 Å². The molecule has 2 unspecified atom stereocenters. The Labute approximate surface area is 184 Å². The number of anilines is 3. The van der Waals surface area contributed by atoms with Crippen molar-refractivity contribution in [1.29, 1.82) is 0 Å². The van der Waals surface area contributed by atoms with Gasteiger partial charge in [-0.05, 0) is 69.3 Å². The van der Waals surface area contributed by atoms with Crippen LogP contribution in [0.1, 0.15) is 18.1 Å². The van der Waals surface area contributed by atoms with Crippen molar-refractivity contribution in [3.05, 3.63) is 83.9 Å². The maximum absolute atomic E-state index is 9.37. The number of rotatable bonds is 10. The second-order valence-electron chi connectivity index (χ2n) is 7.79. The molecule has 0 saturated carbocycles. The zero-order valence-electron chi connectivity index (χ0n) is 18.4. The zero-order valence-corrected chi connectivity index (χ0v) is 18.4. The van der Waals surface area contributed by atoms with Crippen LogP contribution in [0.5, 0.6) is 5.75 Å². The molecular formula is C26H31NO4. The SMILES string of the molecule is Cc1ccc(N(c2ccc(C)cc2)c2ccc(OCC(C)OCC(O)CO)cc2)cc1. The molecule has 0 heterocycles. The van der Waals surface area contributed by atoms with Crippen molar-refractivity contribution in [2.75, 3.05) is 24.7 Å². The van der Waals surface area contributed by atoms with Gasteiger partial charge in [0, 0.05) is 17.1 Å². The minimum absolute atomic E-state index is 0.0853. The summed E-state index contributed by atoms with van der Waals surface area (Å²) < 4.78 is 11.3. The second-order valence-corrected chi connectivity index (χ2v) is 7.79. The highest BCUT2D eigenvalue weighted by Crippen LogP contribution is 2.35. The fourth-order valence-corrected chi connectivity index (χ4v) is 3.12. The van der Waals surface area contributed by atoms with Crippen LogP contribution in [0.15, 0.2) is 72.8 Å². The van der Waals surface area contributed by atoms with E-state index < -0.39 is 6.10 Å². The molecular weight excluding hydrogens is 390 g/mol. The fourth-order valence-electron chi connectivity index (χ4n) is 3.12. The Bertz CT molecular complexity index is 878. The molecule has 3 aromatic rings. The molecule has 164 valence electrons. The highest BCUT2D eigenvalue weighted by molar-refractivity contribution is 5.76. The number of nitrogens with zero attached hydrogens (tertiary/aromatic N) is 1. The van der Waals surface area contributed by atoms with Gasteiger partial charge in [0.1, 0.15) is 18.5 Å². The van der Waals surface area contributed by atoms with Crippen LogP contribution in [0.25, 0.3) is 0 Å². The first-order valence-corrected chi connectivity index (χ1v) is 10.5. The number of aliphatic hydroxyl groups is 2. The van der Waals surface area contributed by atoms with Crippen LogP contribution in [0.4, 0.5) is 17.1 Å². The van der Waals surface area contributed by atoms with E-state index in [9.17, 15) is 5.11 Å². The predicted octanol–water partition coefficient (Wildman–Crippen LogP) is 4.91. The summed E-state index contributed by atoms with van der Waals surface area (Å²) >= 11 is 0. The number of hydrogen-bond acceptors (Lipinski definition) is 5. The first-order valence-electron chi connectivity index (χ1n) is 10.5. The number of hydrogen-bond donors (Lipinski definition) is 2. The lowest BCUT2D eigenvalue weighted by molar-refractivity contribution is -0.0353. The molecule has 0 aliphatic heterocycles. The lowest BCUT2D eigenvalue weighted by Gasteiger charge is -2.26. The Hall–Kier alpha value is -2.86. The molecule has 0 bridgehead atoms. The number of benzene rings is 3. The van der Waals surface area contributed by atoms with Crippen LogP contribution in [-0.4, -0.2) is 42.2 Å². The third-order valence-corrected chi connectivity index (χ3v) is 4.95. The van der Waals surface area contributed by atoms with Gasteiger partial charge < -0.3 is 24.6 Å². The van der Waals surface area contributed by atoms with Gasteiger partial charge in [-0.3, -0.25) is 0 Å². The lowest BCUT2D eigenvalue weighted by Crippen LogP contribution is -2.26. The monoisotopic (exact) mass is 421 g/mol. The first kappa shape index (κ1) is 22.8. The minimum atomic E-state index is -0.865. The van der Waals surface area contributed by atoms with Gasteiger partial charge in [-0.2, -0.15) is 0 Å². The maximum Gasteiger partial charge on any atom is 0.119 e. The van der Waals surface area contributed by atoms with Crippen LogP contribution in [0, 0.1) is 13.8 Å². The third-order valence-electron chi connectivity index (χ3n) is 4.95. The lowest BCUT2D eigenvalue weighted by atomic mass is 10.1. The molecule has 31 heavy (non-hydrogen) atoms. The molecule has 3 aromatic carbocycles. The molecule has 0 radical (unpaired) electrons. The molecule has 0 spiro atoms. The molecule has 0 aliphatic carbocycles. The Morgan fingerprint density at radius 3 is 1.65 bits per heavy atom. The van der Waals surface area contributed by atoms with Crippen molar-refractivity contribution < 1.29 is 19.7 Å². The van der Waals surface area contributed by atoms with Gasteiger partial charge in [-0.25, -0.2) is 0 Å². The quantitative estimate of drug-likeness (QED) is 0.487. The van der Waals surface area contributed by atoms with Gasteiger partial charge in [-0.15, -0.1) is 0 Å². The minimum Gasteiger partial charge on any atom is -0.491 e. The van der Waals surface area contributed by atoms with Crippen LogP contribution in [-0.2, 0) is 4.74 Å². The van der Waals surface area contributed by atoms with E-state index in [0.29, 0.717) is 6.61 Å². The van der Waals surface area contributed by atoms with E-state index in [0.717, 1.165) is 22.8 Å². The van der Waals surface area contributed by atoms with Crippen molar-refractivity contribution in [3.8, 4) is 5.75 Å². The summed E-state index contributed by atoms with van der Waals surface area (Å²) in [4.78, 5) is 2.21. The Balaban J connectivity index is 1.73. The van der Waals surface area contributed by atoms with E-state index in [4.69, 9.17) is 14.6 Å². The van der Waals surface area contributed by atoms with Crippen molar-refractivity contribution in [1.82, 2.24) is 0 Å². The van der Waals surface area contributed by atoms with Crippen LogP contribution in [0.2, 0.25) is 0 Å². The Morgan fingerprint density at radius 1 is 0.742 bits per heavy atom. The first-order chi connectivity index (χ1) is 15.0. The van der Waals surface area contributed by atoms with E-state index in [-0.39, 0.29) is 19.3 Å². The summed E-state index contributed by atoms with van der Waals surface area (Å²) in [6.07, 6.45) is -1.06. The summed E-state index contributed by atoms with van der Waals surface area (Å²) in [5.41, 5.74) is 5.66. The van der Waals surface area contributed by atoms with Crippen molar-refractivity contribution in [3.63, 3.8) is 0 Å². The van der Waals surface area contributed by atoms with Crippen molar-refractivity contribution in [2.24, 2.45) is 0 Å². The molecule has 0 saturated heterocycles. The summed E-state index contributed by atoms with van der Waals surface area (Å²) in [5, 5.41) is 18.2. The van der Waals surface area contributed by atoms with Gasteiger partial charge in [0.05, 0.1) is 19.3 Å². The Morgan fingerprint density at radius 2 is 1.19 bits per heavy atom. The van der Waals surface area contributed by atoms with Crippen molar-refractivity contribution >= 4 is 17.1 Å². The van der Waals surface area contributed by atoms with Gasteiger partial charge in [0.15, 0.2) is 0 Å². The van der Waals surface area contributed by atoms with E-state index in [1.807, 2.05) is 31.2 Å². The van der Waals surface area contributed by atoms with Gasteiger partial charge >= 0.3 is 0 Å². The van der Waals surface area contributed by atoms with E-state index in [1.54, 1.807) is 0 Å². The third kappa shape index (κ3) is 6.56. The van der Waals surface area contributed by atoms with Crippen LogP contribution in [0.3, 0.4) is 0 Å². The van der Waals surface area contributed by atoms with Gasteiger partial charge in [-0.1, -0.05) is 35.4 Å². The second kappa shape index (κ2) is 11.0. The summed E-state index contributed by atoms with van der Waals surface area (Å²) in [6, 6.07) is 24.9. The molecule has 5 nitrogen and oxygen atoms in total. The van der Waals surface area contributed by atoms with Crippen molar-refractivity contribution in [2.45, 2.75) is 33.0 Å². The average molecular weight is 422 g/mol. The van der Waals surface area contributed by atoms with Crippen LogP contribution >= 0.6 is 0 Å². The highest BCUT2D eigenvalue weighted by Gasteiger charge is 2.13. The summed E-state index contributed by atoms with van der Waals surface area (Å²) in [7, 11) is 0. The summed E-state index contributed by atoms with van der Waals surface area (Å²) in [5.74, 6) is 0.745. The molecule has 0 amide bonds. The smallest absolute Gasteiger partial charge is 0.119 e. The molecule has 0 aromatic heterocycles. The van der Waals surface area contributed by atoms with E-state index in [1.165, 1.54) is 11.1 Å². The molecule has 2 atom stereocenters. The highest BCUT2D eigenvalue weighted by atomic mass is 16.5. The number of aryl methyl sites for hydroxylation is 2. The molecule has 0 aliphatic rings. The van der Waals surface area contributed by atoms with E-state index >= 15 is 0 Å². The van der Waals surface area contributed by atoms with Crippen LogP contribution < -0.4 is 9.64 Å². The topological polar surface area (TPSA) is 62.2 Å². The van der Waals surface area contributed by atoms with Gasteiger partial charge in [0.2, 0.25) is 0 Å². The molecule has 2 N–H and O–H groups in total. The predicted molar refractivity (Wildman–Crippen MR) is 125 cm³/mol. The zero-order chi connectivity index (χ0) is 22.2. The summed E-state index contributed by atoms with van der Waals surface area (Å²) in [6.45, 7) is 6.17. The standard InChI is InChI=1S/C26H31NO4/c1-19-4-8-22(9-5-19)27(23-10-6-20(2)7-11-23)24-12-14-26(15-13-24)31-17-21(3)30-18-25(29)16-28/h4-15,21,25,28-29H,16-18H2,1-3H3. The number of ether oxygens (including phenoxy) is 2. The molecule has 3 rings (SSSR count).